The molecule has 2 aromatic carbocycles. The summed E-state index contributed by atoms with van der Waals surface area (Å²) in [6.45, 7) is 17.7. The first kappa shape index (κ1) is 52.0. The molecule has 0 amide bonds. The predicted octanol–water partition coefficient (Wildman–Crippen LogP) is 5.02. The van der Waals surface area contributed by atoms with Gasteiger partial charge in [-0.3, -0.25) is 0 Å². The number of nitrogens with zero attached hydrogens (tertiary/aromatic N) is 6. The number of benzene rings is 2. The number of aromatic nitrogens is 6. The van der Waals surface area contributed by atoms with Crippen molar-refractivity contribution in [2.75, 3.05) is 61.9 Å². The van der Waals surface area contributed by atoms with Crippen molar-refractivity contribution in [1.82, 2.24) is 40.5 Å². The summed E-state index contributed by atoms with van der Waals surface area (Å²) in [5, 5.41) is 19.9. The van der Waals surface area contributed by atoms with E-state index in [0.717, 1.165) is 37.8 Å². The van der Waals surface area contributed by atoms with Crippen LogP contribution in [-0.2, 0) is 29.7 Å². The molecule has 24 heteroatoms. The van der Waals surface area contributed by atoms with Crippen LogP contribution in [0.1, 0.15) is 92.2 Å². The van der Waals surface area contributed by atoms with Gasteiger partial charge in [-0.15, -0.1) is 0 Å². The van der Waals surface area contributed by atoms with Crippen LogP contribution in [0.25, 0.3) is 12.2 Å². The van der Waals surface area contributed by atoms with Crippen molar-refractivity contribution in [3.8, 4) is 12.0 Å². The third-order valence-corrected chi connectivity index (χ3v) is 12.6. The zero-order valence-corrected chi connectivity index (χ0v) is 41.6. The molecule has 6 rings (SSSR count). The van der Waals surface area contributed by atoms with Crippen LogP contribution in [-0.4, -0.2) is 131 Å². The molecule has 0 unspecified atom stereocenters. The molecule has 0 bridgehead atoms. The largest absolute Gasteiger partial charge is 0.744 e. The molecular weight excluding hydrogens is 921 g/mol. The van der Waals surface area contributed by atoms with Gasteiger partial charge in [0.25, 0.3) is 0 Å². The van der Waals surface area contributed by atoms with Gasteiger partial charge in [-0.05, 0) is 116 Å². The summed E-state index contributed by atoms with van der Waals surface area (Å²) >= 11 is 0. The Morgan fingerprint density at radius 2 is 0.897 bits per heavy atom. The number of methoxy groups -OCH3 is 2. The highest BCUT2D eigenvalue weighted by atomic mass is 32.2. The highest BCUT2D eigenvalue weighted by Crippen LogP contribution is 2.33. The van der Waals surface area contributed by atoms with E-state index in [9.17, 15) is 25.9 Å². The fourth-order valence-corrected chi connectivity index (χ4v) is 10.5. The molecule has 2 fully saturated rings. The van der Waals surface area contributed by atoms with Crippen LogP contribution >= 0.6 is 0 Å². The Hall–Kier alpha value is -5.34. The maximum Gasteiger partial charge on any atom is 0.323 e. The van der Waals surface area contributed by atoms with E-state index in [0.29, 0.717) is 0 Å². The van der Waals surface area contributed by atoms with Gasteiger partial charge < -0.3 is 60.0 Å². The summed E-state index contributed by atoms with van der Waals surface area (Å²) in [5.41, 5.74) is -0.644. The normalized spacial score (nSPS) is 18.2. The van der Waals surface area contributed by atoms with E-state index in [2.05, 4.69) is 117 Å². The molecule has 6 N–H and O–H groups in total. The van der Waals surface area contributed by atoms with Crippen LogP contribution in [0.4, 0.5) is 35.2 Å². The van der Waals surface area contributed by atoms with Crippen LogP contribution in [0.5, 0.6) is 12.0 Å². The lowest BCUT2D eigenvalue weighted by molar-refractivity contribution is 0.140. The van der Waals surface area contributed by atoms with Crippen molar-refractivity contribution >= 4 is 67.6 Å². The van der Waals surface area contributed by atoms with E-state index in [1.807, 2.05) is 0 Å². The summed E-state index contributed by atoms with van der Waals surface area (Å²) in [5.74, 6) is 0.409. The molecule has 2 aromatic heterocycles. The van der Waals surface area contributed by atoms with Crippen LogP contribution in [0, 0.1) is 0 Å². The third-order valence-electron chi connectivity index (χ3n) is 10.8. The minimum atomic E-state index is -5.13. The van der Waals surface area contributed by atoms with Gasteiger partial charge in [0, 0.05) is 59.8 Å². The number of ether oxygens (including phenoxy) is 4. The molecule has 4 heterocycles. The summed E-state index contributed by atoms with van der Waals surface area (Å²) in [6, 6.07) is 7.73. The zero-order chi connectivity index (χ0) is 49.7. The Morgan fingerprint density at radius 1 is 0.559 bits per heavy atom. The van der Waals surface area contributed by atoms with E-state index >= 15 is 0 Å². The average molecular weight is 983 g/mol. The van der Waals surface area contributed by atoms with Gasteiger partial charge in [0.15, 0.2) is 0 Å². The number of piperidine rings is 2. The van der Waals surface area contributed by atoms with Crippen molar-refractivity contribution < 1.29 is 44.9 Å². The fraction of sp³-hybridized carbons (Fsp3) is 0.545. The summed E-state index contributed by atoms with van der Waals surface area (Å²) in [6.07, 6.45) is 5.48. The fourth-order valence-electron chi connectivity index (χ4n) is 9.10. The van der Waals surface area contributed by atoms with Crippen LogP contribution in [0.2, 0.25) is 0 Å². The van der Waals surface area contributed by atoms with E-state index in [4.69, 9.17) is 18.9 Å². The molecule has 2 aliphatic heterocycles. The van der Waals surface area contributed by atoms with Crippen LogP contribution in [0.15, 0.2) is 46.2 Å². The Bertz CT molecular complexity index is 2470. The second-order valence-electron chi connectivity index (χ2n) is 19.5. The summed E-state index contributed by atoms with van der Waals surface area (Å²) in [7, 11) is -7.20. The highest BCUT2D eigenvalue weighted by Gasteiger charge is 2.39. The maximum atomic E-state index is 12.7. The second-order valence-corrected chi connectivity index (χ2v) is 22.2. The molecule has 0 atom stereocenters. The average Bonchev–Trinajstić information content (AvgIpc) is 3.17. The molecule has 2 aliphatic rings. The first-order valence-electron chi connectivity index (χ1n) is 22.0. The highest BCUT2D eigenvalue weighted by molar-refractivity contribution is 7.86. The topological polar surface area (TPSA) is 301 Å². The lowest BCUT2D eigenvalue weighted by Gasteiger charge is -2.46. The molecule has 22 nitrogen and oxygen atoms in total. The molecule has 0 radical (unpaired) electrons. The number of hydrogen-bond donors (Lipinski definition) is 6. The van der Waals surface area contributed by atoms with Gasteiger partial charge in [-0.25, -0.2) is 16.8 Å². The third kappa shape index (κ3) is 15.1. The van der Waals surface area contributed by atoms with E-state index in [-0.39, 0.29) is 119 Å². The molecule has 372 valence electrons. The summed E-state index contributed by atoms with van der Waals surface area (Å²) in [4.78, 5) is 25.3. The lowest BCUT2D eigenvalue weighted by atomic mass is 9.79. The minimum Gasteiger partial charge on any atom is -0.744 e. The Labute approximate surface area is 398 Å². The summed E-state index contributed by atoms with van der Waals surface area (Å²) < 4.78 is 97.8. The minimum absolute atomic E-state index is 0.00624. The van der Waals surface area contributed by atoms with Gasteiger partial charge in [0.2, 0.25) is 23.8 Å². The number of anilines is 6. The van der Waals surface area contributed by atoms with Gasteiger partial charge in [0.1, 0.15) is 33.5 Å². The Kier molecular flexibility index (Phi) is 15.9. The molecule has 0 aliphatic carbocycles. The van der Waals surface area contributed by atoms with Crippen molar-refractivity contribution in [1.29, 1.82) is 0 Å². The maximum absolute atomic E-state index is 12.7. The number of hydrogen-bond acceptors (Lipinski definition) is 22. The van der Waals surface area contributed by atoms with E-state index < -0.39 is 30.0 Å². The number of nitrogens with one attached hydrogen (secondary N) is 6. The Morgan fingerprint density at radius 3 is 1.22 bits per heavy atom. The Balaban J connectivity index is 1.26. The van der Waals surface area contributed by atoms with E-state index in [1.165, 1.54) is 50.6 Å². The monoisotopic (exact) mass is 982 g/mol. The quantitative estimate of drug-likeness (QED) is 0.0385. The lowest BCUT2D eigenvalue weighted by Crippen LogP contribution is -2.60. The molecule has 2 saturated heterocycles. The van der Waals surface area contributed by atoms with Crippen molar-refractivity contribution in [2.24, 2.45) is 0 Å². The van der Waals surface area contributed by atoms with Crippen molar-refractivity contribution in [2.45, 2.75) is 125 Å². The second kappa shape index (κ2) is 20.7. The van der Waals surface area contributed by atoms with Gasteiger partial charge >= 0.3 is 12.0 Å². The molecule has 4 aromatic rings. The van der Waals surface area contributed by atoms with Gasteiger partial charge in [0.05, 0.1) is 23.0 Å². The van der Waals surface area contributed by atoms with Crippen molar-refractivity contribution in [3.63, 3.8) is 0 Å². The SMILES string of the molecule is COCCOc1nc(Nc2ccc(/C=C/c3ccc(Nc4nc(NC5CC(C)(C)NC(C)(C)C5)nc(OCCOC)n4)cc3S(=O)(=O)[O-])c(S(=O)(=O)[O-])c2)nc(NC2CC(C)(C)NC(C)(C)C2)n1. The molecule has 0 saturated carbocycles. The van der Waals surface area contributed by atoms with Crippen molar-refractivity contribution in [3.05, 3.63) is 47.5 Å². The molecule has 68 heavy (non-hydrogen) atoms. The first-order chi connectivity index (χ1) is 31.7. The number of rotatable bonds is 20. The standard InChI is InChI=1S/C44H64N12O10S2/c1-41(2)23-31(24-42(3,4)55-41)47-37-49-35(51-39(53-37)65-19-17-63-9)45-29-15-13-27(33(21-29)67(57,58)59)11-12-28-14-16-30(22-34(28)68(60,61)62)46-36-50-38(54-40(52-36)66-20-18-64-10)48-32-25-43(5,6)56-44(7,8)26-32/h11-16,21-22,31-32,55-56H,17-20,23-26H2,1-10H3,(H,57,58,59)(H,60,61,62)(H2,45,47,49,51,53)(H2,46,48,50,52,54)/p-2/b12-11+. The zero-order valence-electron chi connectivity index (χ0n) is 40.0. The van der Waals surface area contributed by atoms with Gasteiger partial charge in [-0.2, -0.15) is 29.9 Å². The molecular formula is C44H62N12O10S2-2. The van der Waals surface area contributed by atoms with Crippen LogP contribution < -0.4 is 41.4 Å². The van der Waals surface area contributed by atoms with Gasteiger partial charge in [-0.1, -0.05) is 24.3 Å². The molecule has 0 spiro atoms. The van der Waals surface area contributed by atoms with E-state index in [1.54, 1.807) is 0 Å². The predicted molar refractivity (Wildman–Crippen MR) is 255 cm³/mol. The first-order valence-corrected chi connectivity index (χ1v) is 24.8. The smallest absolute Gasteiger partial charge is 0.323 e. The van der Waals surface area contributed by atoms with Crippen LogP contribution in [0.3, 0.4) is 0 Å².